The van der Waals surface area contributed by atoms with Crippen LogP contribution >= 0.6 is 0 Å². The molecule has 5 heteroatoms. The van der Waals surface area contributed by atoms with Gasteiger partial charge in [-0.15, -0.1) is 0 Å². The Kier molecular flexibility index (Phi) is 7.28. The minimum Gasteiger partial charge on any atom is -0.356 e. The van der Waals surface area contributed by atoms with Crippen molar-refractivity contribution < 1.29 is 31.3 Å². The molecule has 0 aromatic rings. The average molecular weight is 153 g/mol. The van der Waals surface area contributed by atoms with Crippen LogP contribution in [-0.4, -0.2) is 5.09 Å². The van der Waals surface area contributed by atoms with Crippen LogP contribution < -0.4 is 0 Å². The van der Waals surface area contributed by atoms with E-state index < -0.39 is 5.09 Å². The first-order chi connectivity index (χ1) is 1.73. The van der Waals surface area contributed by atoms with E-state index in [4.69, 9.17) is 15.3 Å². The molecule has 0 rings (SSSR count). The maximum Gasteiger partial charge on any atom is 2.00 e. The summed E-state index contributed by atoms with van der Waals surface area (Å²) in [4.78, 5) is 8.25. The molecule has 0 unspecified atom stereocenters. The fourth-order valence-electron chi connectivity index (χ4n) is 0. The van der Waals surface area contributed by atoms with Gasteiger partial charge in [-0.25, -0.2) is 0 Å². The summed E-state index contributed by atoms with van der Waals surface area (Å²) in [5.74, 6) is 0. The van der Waals surface area contributed by atoms with Gasteiger partial charge >= 0.3 is 26.2 Å². The Morgan fingerprint density at radius 3 is 1.40 bits per heavy atom. The van der Waals surface area contributed by atoms with Crippen molar-refractivity contribution in [1.29, 1.82) is 0 Å². The third kappa shape index (κ3) is 2560. The molecule has 0 N–H and O–H groups in total. The summed E-state index contributed by atoms with van der Waals surface area (Å²) >= 11 is 0. The van der Waals surface area contributed by atoms with Gasteiger partial charge in [-0.05, 0) is 0 Å². The molecule has 0 aromatic heterocycles. The third-order valence-electron chi connectivity index (χ3n) is 0. The van der Waals surface area contributed by atoms with Crippen LogP contribution in [0.4, 0.5) is 0 Å². The Hall–Kier alpha value is 0.0831. The van der Waals surface area contributed by atoms with Crippen LogP contribution in [0.1, 0.15) is 0 Å². The molecule has 0 spiro atoms. The van der Waals surface area contributed by atoms with E-state index in [9.17, 15) is 0 Å². The molecule has 0 saturated heterocycles. The van der Waals surface area contributed by atoms with Crippen LogP contribution in [0.3, 0.4) is 0 Å². The second kappa shape index (κ2) is 4.08. The van der Waals surface area contributed by atoms with E-state index in [1.807, 2.05) is 0 Å². The van der Waals surface area contributed by atoms with E-state index in [0.29, 0.717) is 0 Å². The van der Waals surface area contributed by atoms with Gasteiger partial charge in [0.2, 0.25) is 0 Å². The van der Waals surface area contributed by atoms with Crippen molar-refractivity contribution in [3.8, 4) is 0 Å². The smallest absolute Gasteiger partial charge is 0.356 e. The van der Waals surface area contributed by atoms with Crippen LogP contribution in [0.15, 0.2) is 0 Å². The van der Waals surface area contributed by atoms with E-state index in [-0.39, 0.29) is 26.2 Å². The summed E-state index contributed by atoms with van der Waals surface area (Å²) in [7, 11) is 0. The van der Waals surface area contributed by atoms with Crippen molar-refractivity contribution in [2.75, 3.05) is 0 Å². The molecule has 0 saturated carbocycles. The van der Waals surface area contributed by atoms with Crippen molar-refractivity contribution in [1.82, 2.24) is 0 Å². The molecule has 0 aromatic carbocycles. The first kappa shape index (κ1) is 8.92. The standard InChI is InChI=1S/NO3.Zr/c2-1(3)4;/q-1;+2. The fourth-order valence-corrected chi connectivity index (χ4v) is 0. The minimum atomic E-state index is -1.75. The Morgan fingerprint density at radius 1 is 1.40 bits per heavy atom. The van der Waals surface area contributed by atoms with Crippen LogP contribution in [0.25, 0.3) is 0 Å². The monoisotopic (exact) mass is 152 g/mol. The first-order valence-electron chi connectivity index (χ1n) is 0.548. The molecule has 0 amide bonds. The molecule has 0 atom stereocenters. The summed E-state index contributed by atoms with van der Waals surface area (Å²) < 4.78 is 0. The van der Waals surface area contributed by atoms with Crippen LogP contribution in [0.5, 0.6) is 0 Å². The number of nitrogens with zero attached hydrogens (tertiary/aromatic N) is 1. The van der Waals surface area contributed by atoms with Gasteiger partial charge < -0.3 is 15.3 Å². The quantitative estimate of drug-likeness (QED) is 0.356. The zero-order valence-corrected chi connectivity index (χ0v) is 4.63. The summed E-state index contributed by atoms with van der Waals surface area (Å²) in [6.45, 7) is 0. The van der Waals surface area contributed by atoms with Gasteiger partial charge in [-0.3, -0.25) is 0 Å². The van der Waals surface area contributed by atoms with Gasteiger partial charge in [0.25, 0.3) is 0 Å². The zero-order chi connectivity index (χ0) is 3.58. The van der Waals surface area contributed by atoms with Gasteiger partial charge in [-0.2, -0.15) is 0 Å². The molecule has 4 nitrogen and oxygen atoms in total. The molecular weight excluding hydrogens is 153 g/mol. The van der Waals surface area contributed by atoms with Crippen molar-refractivity contribution in [2.45, 2.75) is 0 Å². The first-order valence-corrected chi connectivity index (χ1v) is 0.548. The average Bonchev–Trinajstić information content (AvgIpc) is 0.811. The van der Waals surface area contributed by atoms with Crippen molar-refractivity contribution in [3.63, 3.8) is 0 Å². The molecular formula is NO3Zr+. The molecule has 26 valence electrons. The Morgan fingerprint density at radius 2 is 1.40 bits per heavy atom. The summed E-state index contributed by atoms with van der Waals surface area (Å²) in [6.07, 6.45) is 0. The summed E-state index contributed by atoms with van der Waals surface area (Å²) in [5, 5.41) is 14.8. The summed E-state index contributed by atoms with van der Waals surface area (Å²) in [6, 6.07) is 0. The predicted molar refractivity (Wildman–Crippen MR) is 10.4 cm³/mol. The van der Waals surface area contributed by atoms with E-state index in [1.54, 1.807) is 0 Å². The molecule has 0 heterocycles. The molecule has 5 heavy (non-hydrogen) atoms. The van der Waals surface area contributed by atoms with E-state index >= 15 is 0 Å². The van der Waals surface area contributed by atoms with Gasteiger partial charge in [0, 0.05) is 0 Å². The van der Waals surface area contributed by atoms with E-state index in [1.165, 1.54) is 0 Å². The number of hydrogen-bond donors (Lipinski definition) is 0. The SMILES string of the molecule is O=[N+]([O-])[O-].[Zr+2]. The third-order valence-corrected chi connectivity index (χ3v) is 0. The minimum absolute atomic E-state index is 0. The Bertz CT molecular complexity index is 29.9. The van der Waals surface area contributed by atoms with Crippen molar-refractivity contribution in [3.05, 3.63) is 15.3 Å². The van der Waals surface area contributed by atoms with Gasteiger partial charge in [0.15, 0.2) is 0 Å². The van der Waals surface area contributed by atoms with Crippen LogP contribution in [-0.2, 0) is 26.2 Å². The predicted octanol–water partition coefficient (Wildman–Crippen LogP) is -0.242. The Balaban J connectivity index is 0. The number of rotatable bonds is 0. The van der Waals surface area contributed by atoms with E-state index in [0.717, 1.165) is 0 Å². The Labute approximate surface area is 47.0 Å². The molecule has 0 bridgehead atoms. The zero-order valence-electron chi connectivity index (χ0n) is 2.17. The molecule has 0 aliphatic carbocycles. The molecule has 0 aliphatic rings. The van der Waals surface area contributed by atoms with Crippen LogP contribution in [0.2, 0.25) is 0 Å². The fraction of sp³-hybridized carbons (Fsp3) is 0. The second-order valence-electron chi connectivity index (χ2n) is 0.224. The molecule has 0 radical (unpaired) electrons. The molecule has 0 fully saturated rings. The second-order valence-corrected chi connectivity index (χ2v) is 0.224. The van der Waals surface area contributed by atoms with Crippen LogP contribution in [0, 0.1) is 15.3 Å². The number of hydrogen-bond acceptors (Lipinski definition) is 3. The van der Waals surface area contributed by atoms with Gasteiger partial charge in [-0.1, -0.05) is 0 Å². The maximum atomic E-state index is 8.25. The normalized spacial score (nSPS) is 4.80. The largest absolute Gasteiger partial charge is 2.00 e. The summed E-state index contributed by atoms with van der Waals surface area (Å²) in [5.41, 5.74) is 0. The van der Waals surface area contributed by atoms with Crippen molar-refractivity contribution >= 4 is 0 Å². The van der Waals surface area contributed by atoms with E-state index in [2.05, 4.69) is 0 Å². The van der Waals surface area contributed by atoms with Gasteiger partial charge in [0.1, 0.15) is 0 Å². The maximum absolute atomic E-state index is 8.25. The molecule has 0 aliphatic heterocycles. The topological polar surface area (TPSA) is 66.2 Å². The van der Waals surface area contributed by atoms with Crippen molar-refractivity contribution in [2.24, 2.45) is 0 Å². The van der Waals surface area contributed by atoms with Gasteiger partial charge in [0.05, 0.1) is 5.09 Å².